The fourth-order valence-electron chi connectivity index (χ4n) is 2.39. The predicted molar refractivity (Wildman–Crippen MR) is 101 cm³/mol. The van der Waals surface area contributed by atoms with Gasteiger partial charge in [-0.25, -0.2) is 26.9 Å². The molecule has 0 saturated carbocycles. The van der Waals surface area contributed by atoms with E-state index in [0.717, 1.165) is 24.3 Å². The van der Waals surface area contributed by atoms with Crippen LogP contribution in [0.5, 0.6) is 11.5 Å². The average Bonchev–Trinajstić information content (AvgIpc) is 2.59. The second kappa shape index (κ2) is 9.87. The summed E-state index contributed by atoms with van der Waals surface area (Å²) in [6, 6.07) is 1.85. The lowest BCUT2D eigenvalue weighted by Crippen LogP contribution is -2.19. The summed E-state index contributed by atoms with van der Waals surface area (Å²) in [5.41, 5.74) is -4.03. The molecule has 2 heterocycles. The Morgan fingerprint density at radius 1 is 0.935 bits per heavy atom. The van der Waals surface area contributed by atoms with E-state index in [9.17, 15) is 36.8 Å². The van der Waals surface area contributed by atoms with Crippen molar-refractivity contribution in [3.8, 4) is 11.5 Å². The van der Waals surface area contributed by atoms with Gasteiger partial charge in [0.1, 0.15) is 39.9 Å². The van der Waals surface area contributed by atoms with E-state index in [1.165, 1.54) is 13.8 Å². The molecule has 8 nitrogen and oxygen atoms in total. The Hall–Kier alpha value is -3.70. The molecule has 2 rings (SSSR count). The summed E-state index contributed by atoms with van der Waals surface area (Å²) in [6.45, 7) is 2.56. The van der Waals surface area contributed by atoms with Crippen LogP contribution in [0.15, 0.2) is 48.8 Å². The van der Waals surface area contributed by atoms with Crippen molar-refractivity contribution >= 4 is 26.5 Å². The number of ketones is 1. The Morgan fingerprint density at radius 2 is 1.39 bits per heavy atom. The van der Waals surface area contributed by atoms with E-state index in [-0.39, 0.29) is 11.5 Å². The smallest absolute Gasteiger partial charge is 0.507 e. The highest BCUT2D eigenvalue weighted by Crippen LogP contribution is 2.24. The zero-order chi connectivity index (χ0) is 23.3. The van der Waals surface area contributed by atoms with Crippen molar-refractivity contribution in [2.45, 2.75) is 13.8 Å². The molecule has 162 valence electrons. The molecular formula is C17H12B2F4O8. The molecule has 0 aliphatic rings. The highest BCUT2D eigenvalue weighted by molar-refractivity contribution is 6.36. The lowest BCUT2D eigenvalue weighted by molar-refractivity contribution is 0.104. The molecule has 2 aromatic rings. The largest absolute Gasteiger partial charge is 0.796 e. The maximum absolute atomic E-state index is 12.5. The van der Waals surface area contributed by atoms with E-state index in [0.29, 0.717) is 6.08 Å². The number of allylic oxidation sites excluding steroid dienone is 3. The number of carbonyl (C=O) groups is 1. The van der Waals surface area contributed by atoms with Gasteiger partial charge in [0.15, 0.2) is 5.78 Å². The molecule has 0 saturated heterocycles. The first-order valence-corrected chi connectivity index (χ1v) is 8.30. The molecule has 14 heteroatoms. The summed E-state index contributed by atoms with van der Waals surface area (Å²) in [5.74, 6) is -3.60. The molecule has 1 N–H and O–H groups in total. The quantitative estimate of drug-likeness (QED) is 0.166. The molecule has 0 aromatic carbocycles. The number of hydrogen-bond donors (Lipinski definition) is 1. The van der Waals surface area contributed by atoms with Crippen LogP contribution in [0.25, 0.3) is 5.76 Å². The van der Waals surface area contributed by atoms with Crippen LogP contribution >= 0.6 is 0 Å². The summed E-state index contributed by atoms with van der Waals surface area (Å²) >= 11 is 0. The number of rotatable bonds is 8. The first kappa shape index (κ1) is 23.6. The molecule has 2 aromatic heterocycles. The normalized spacial score (nSPS) is 11.5. The van der Waals surface area contributed by atoms with Crippen LogP contribution in [0.2, 0.25) is 0 Å². The maximum atomic E-state index is 12.5. The van der Waals surface area contributed by atoms with Gasteiger partial charge in [-0.1, -0.05) is 6.08 Å². The van der Waals surface area contributed by atoms with Gasteiger partial charge in [-0.3, -0.25) is 4.79 Å². The first-order valence-electron chi connectivity index (χ1n) is 8.30. The van der Waals surface area contributed by atoms with Gasteiger partial charge in [0.2, 0.25) is 0 Å². The van der Waals surface area contributed by atoms with Crippen LogP contribution in [0.3, 0.4) is 0 Å². The minimum Gasteiger partial charge on any atom is -0.507 e. The van der Waals surface area contributed by atoms with E-state index in [1.807, 2.05) is 0 Å². The Bertz CT molecular complexity index is 1150. The van der Waals surface area contributed by atoms with Crippen molar-refractivity contribution in [3.05, 3.63) is 73.8 Å². The van der Waals surface area contributed by atoms with E-state index in [1.54, 1.807) is 0 Å². The molecule has 0 aliphatic carbocycles. The Labute approximate surface area is 171 Å². The van der Waals surface area contributed by atoms with Gasteiger partial charge in [-0.05, 0) is 26.0 Å². The molecule has 0 atom stereocenters. The highest BCUT2D eigenvalue weighted by Gasteiger charge is 2.26. The molecule has 0 unspecified atom stereocenters. The standard InChI is InChI=1S/C17H12B2F4O8/c1-8-6-12(30-18(20)21)14(16(26)28-8)10(24)4-3-5-11(25)15-13(31-19(22)23)7-9(2)29-17(15)27/h3-7,24H,1-2H3/b5-3+,10-4-. The monoisotopic (exact) mass is 442 g/mol. The van der Waals surface area contributed by atoms with Crippen LogP contribution in [-0.4, -0.2) is 25.8 Å². The summed E-state index contributed by atoms with van der Waals surface area (Å²) in [4.78, 5) is 36.0. The topological polar surface area (TPSA) is 116 Å². The Morgan fingerprint density at radius 3 is 1.87 bits per heavy atom. The molecule has 0 radical (unpaired) electrons. The molecule has 0 amide bonds. The Kier molecular flexibility index (Phi) is 7.51. The number of halogens is 4. The molecule has 0 fully saturated rings. The lowest BCUT2D eigenvalue weighted by Gasteiger charge is -2.08. The molecule has 0 bridgehead atoms. The summed E-state index contributed by atoms with van der Waals surface area (Å²) in [7, 11) is -6.63. The fraction of sp³-hybridized carbons (Fsp3) is 0.118. The van der Waals surface area contributed by atoms with Gasteiger partial charge >= 0.3 is 26.2 Å². The molecular weight excluding hydrogens is 430 g/mol. The van der Waals surface area contributed by atoms with Crippen LogP contribution in [0, 0.1) is 13.8 Å². The number of aryl methyl sites for hydroxylation is 2. The first-order chi connectivity index (χ1) is 14.5. The van der Waals surface area contributed by atoms with Gasteiger partial charge in [-0.15, -0.1) is 0 Å². The minimum absolute atomic E-state index is 0.0689. The van der Waals surface area contributed by atoms with Crippen LogP contribution in [-0.2, 0) is 0 Å². The minimum atomic E-state index is -3.32. The third-order valence-corrected chi connectivity index (χ3v) is 3.51. The van der Waals surface area contributed by atoms with Crippen molar-refractivity contribution in [1.29, 1.82) is 0 Å². The van der Waals surface area contributed by atoms with E-state index in [2.05, 4.69) is 13.7 Å². The molecule has 0 spiro atoms. The number of aliphatic hydroxyl groups excluding tert-OH is 1. The summed E-state index contributed by atoms with van der Waals surface area (Å²) in [6.07, 6.45) is 2.23. The fourth-order valence-corrected chi connectivity index (χ4v) is 2.39. The predicted octanol–water partition coefficient (Wildman–Crippen LogP) is 3.15. The molecule has 31 heavy (non-hydrogen) atoms. The number of aliphatic hydroxyl groups is 1. The van der Waals surface area contributed by atoms with Gasteiger partial charge in [0.25, 0.3) is 0 Å². The molecule has 0 aliphatic heterocycles. The van der Waals surface area contributed by atoms with Gasteiger partial charge in [0, 0.05) is 12.1 Å². The van der Waals surface area contributed by atoms with E-state index in [4.69, 9.17) is 4.42 Å². The van der Waals surface area contributed by atoms with Crippen molar-refractivity contribution in [3.63, 3.8) is 0 Å². The zero-order valence-electron chi connectivity index (χ0n) is 15.9. The maximum Gasteiger partial charge on any atom is 0.796 e. The Balaban J connectivity index is 2.39. The average molecular weight is 442 g/mol. The number of carbonyl (C=O) groups excluding carboxylic acids is 1. The van der Waals surface area contributed by atoms with Gasteiger partial charge in [-0.2, -0.15) is 0 Å². The second-order valence-corrected chi connectivity index (χ2v) is 5.80. The van der Waals surface area contributed by atoms with Crippen molar-refractivity contribution in [2.24, 2.45) is 0 Å². The van der Waals surface area contributed by atoms with Crippen LogP contribution in [0.1, 0.15) is 27.4 Å². The van der Waals surface area contributed by atoms with Crippen molar-refractivity contribution < 1.29 is 45.3 Å². The third-order valence-electron chi connectivity index (χ3n) is 3.51. The highest BCUT2D eigenvalue weighted by atomic mass is 19.2. The van der Waals surface area contributed by atoms with Crippen LogP contribution < -0.4 is 20.6 Å². The third kappa shape index (κ3) is 6.14. The van der Waals surface area contributed by atoms with Gasteiger partial charge in [0.05, 0.1) is 0 Å². The SMILES string of the molecule is Cc1cc(OB(F)F)c(C(=O)/C=C/C=C(\O)c2c(OB(F)F)cc(C)oc2=O)c(=O)o1. The summed E-state index contributed by atoms with van der Waals surface area (Å²) < 4.78 is 67.9. The van der Waals surface area contributed by atoms with Gasteiger partial charge < -0.3 is 23.2 Å². The van der Waals surface area contributed by atoms with E-state index >= 15 is 0 Å². The zero-order valence-corrected chi connectivity index (χ0v) is 15.9. The summed E-state index contributed by atoms with van der Waals surface area (Å²) in [5, 5.41) is 10.0. The lowest BCUT2D eigenvalue weighted by atomic mass is 10.1. The number of hydrogen-bond acceptors (Lipinski definition) is 8. The van der Waals surface area contributed by atoms with Crippen molar-refractivity contribution in [1.82, 2.24) is 0 Å². The van der Waals surface area contributed by atoms with Crippen molar-refractivity contribution in [2.75, 3.05) is 0 Å². The van der Waals surface area contributed by atoms with Crippen LogP contribution in [0.4, 0.5) is 17.3 Å². The second-order valence-electron chi connectivity index (χ2n) is 5.80. The van der Waals surface area contributed by atoms with E-state index < -0.39 is 60.4 Å².